The molecule has 0 heterocycles. The van der Waals surface area contributed by atoms with Gasteiger partial charge < -0.3 is 10.0 Å². The summed E-state index contributed by atoms with van der Waals surface area (Å²) in [6.45, 7) is 2.90. The maximum absolute atomic E-state index is 11.5. The second-order valence-corrected chi connectivity index (χ2v) is 3.58. The molecule has 0 bridgehead atoms. The minimum absolute atomic E-state index is 0. The predicted octanol–water partition coefficient (Wildman–Crippen LogP) is 1.92. The van der Waals surface area contributed by atoms with Crippen molar-refractivity contribution < 1.29 is 47.6 Å². The van der Waals surface area contributed by atoms with E-state index >= 15 is 0 Å². The van der Waals surface area contributed by atoms with E-state index in [2.05, 4.69) is 0 Å². The normalized spacial score (nSPS) is 13.1. The number of ketones is 1. The molecule has 1 radical (unpaired) electrons. The molecule has 0 aliphatic rings. The van der Waals surface area contributed by atoms with E-state index in [4.69, 9.17) is 5.21 Å². The van der Waals surface area contributed by atoms with Crippen LogP contribution in [0, 0.1) is 11.6 Å². The Labute approximate surface area is 126 Å². The number of hydrogen-bond acceptors (Lipinski definition) is 3. The van der Waals surface area contributed by atoms with Gasteiger partial charge in [0.2, 0.25) is 0 Å². The number of hydrogen-bond donors (Lipinski definition) is 1. The first-order valence-electron chi connectivity index (χ1n) is 4.92. The summed E-state index contributed by atoms with van der Waals surface area (Å²) in [7, 11) is 0. The molecule has 0 saturated heterocycles. The molecular formula is C12H14NO3Y-. The van der Waals surface area contributed by atoms with Crippen LogP contribution in [0.25, 0.3) is 0 Å². The fourth-order valence-corrected chi connectivity index (χ4v) is 1.41. The Kier molecular flexibility index (Phi) is 7.08. The SMILES string of the molecule is CC(=O)C([CH-]C(C)=[N+]([O-])O)c1ccccc1.[Y]. The monoisotopic (exact) mass is 309 g/mol. The van der Waals surface area contributed by atoms with Gasteiger partial charge in [0.05, 0.1) is 5.71 Å². The number of nitrogens with zero attached hydrogens (tertiary/aromatic N) is 1. The zero-order chi connectivity index (χ0) is 12.1. The molecular weight excluding hydrogens is 295 g/mol. The van der Waals surface area contributed by atoms with Crippen LogP contribution in [0.15, 0.2) is 30.3 Å². The zero-order valence-corrected chi connectivity index (χ0v) is 12.7. The maximum atomic E-state index is 11.5. The van der Waals surface area contributed by atoms with Crippen molar-refractivity contribution in [3.63, 3.8) is 0 Å². The summed E-state index contributed by atoms with van der Waals surface area (Å²) in [5.74, 6) is -0.572. The Hall–Kier alpha value is -0.866. The van der Waals surface area contributed by atoms with Gasteiger partial charge in [0, 0.05) is 37.6 Å². The summed E-state index contributed by atoms with van der Waals surface area (Å²) in [5, 5.41) is 19.3. The van der Waals surface area contributed by atoms with Crippen molar-refractivity contribution in [3.05, 3.63) is 47.5 Å². The van der Waals surface area contributed by atoms with Crippen molar-refractivity contribution in [2.75, 3.05) is 0 Å². The van der Waals surface area contributed by atoms with E-state index in [0.29, 0.717) is 0 Å². The minimum atomic E-state index is -0.496. The molecule has 5 heteroatoms. The number of carbonyl (C=O) groups is 1. The average Bonchev–Trinajstić information content (AvgIpc) is 2.26. The summed E-state index contributed by atoms with van der Waals surface area (Å²) in [5.41, 5.74) is 0.903. The summed E-state index contributed by atoms with van der Waals surface area (Å²) in [6, 6.07) is 9.11. The van der Waals surface area contributed by atoms with Gasteiger partial charge in [0.15, 0.2) is 0 Å². The molecule has 0 spiro atoms. The van der Waals surface area contributed by atoms with Crippen LogP contribution in [0.3, 0.4) is 0 Å². The van der Waals surface area contributed by atoms with Gasteiger partial charge in [-0.15, -0.1) is 0 Å². The summed E-state index contributed by atoms with van der Waals surface area (Å²) < 4.78 is 0. The van der Waals surface area contributed by atoms with Crippen molar-refractivity contribution >= 4 is 11.5 Å². The molecule has 0 aromatic heterocycles. The number of rotatable bonds is 4. The van der Waals surface area contributed by atoms with E-state index in [1.165, 1.54) is 20.3 Å². The molecule has 1 unspecified atom stereocenters. The summed E-state index contributed by atoms with van der Waals surface area (Å²) >= 11 is 0. The molecule has 89 valence electrons. The molecule has 0 saturated carbocycles. The van der Waals surface area contributed by atoms with Crippen LogP contribution in [0.1, 0.15) is 25.3 Å². The Morgan fingerprint density at radius 2 is 1.88 bits per heavy atom. The summed E-state index contributed by atoms with van der Waals surface area (Å²) in [6.07, 6.45) is 1.45. The van der Waals surface area contributed by atoms with Crippen LogP contribution >= 0.6 is 0 Å². The number of Topliss-reactive ketones (excluding diaryl/α,β-unsaturated/α-hetero) is 1. The van der Waals surface area contributed by atoms with Crippen LogP contribution in [0.2, 0.25) is 0 Å². The Balaban J connectivity index is 0.00000256. The fraction of sp³-hybridized carbons (Fsp3) is 0.250. The van der Waals surface area contributed by atoms with E-state index in [-0.39, 0.29) is 49.1 Å². The fourth-order valence-electron chi connectivity index (χ4n) is 1.41. The van der Waals surface area contributed by atoms with Crippen molar-refractivity contribution in [2.45, 2.75) is 19.8 Å². The molecule has 17 heavy (non-hydrogen) atoms. The quantitative estimate of drug-likeness (QED) is 0.304. The molecule has 1 aromatic rings. The Morgan fingerprint density at radius 1 is 1.35 bits per heavy atom. The van der Waals surface area contributed by atoms with Gasteiger partial charge in [-0.05, 0) is 13.8 Å². The van der Waals surface area contributed by atoms with Gasteiger partial charge in [-0.1, -0.05) is 41.8 Å². The van der Waals surface area contributed by atoms with Crippen LogP contribution < -0.4 is 0 Å². The smallest absolute Gasteiger partial charge is 0.110 e. The number of carbonyl (C=O) groups excluding carboxylic acids is 1. The second kappa shape index (κ2) is 7.46. The van der Waals surface area contributed by atoms with E-state index in [0.717, 1.165) is 5.56 Å². The van der Waals surface area contributed by atoms with Crippen LogP contribution in [-0.4, -0.2) is 21.6 Å². The third-order valence-electron chi connectivity index (χ3n) is 2.31. The van der Waals surface area contributed by atoms with Crippen LogP contribution in [0.5, 0.6) is 0 Å². The maximum Gasteiger partial charge on any atom is 0.110 e. The standard InChI is InChI=1S/C12H14NO3.Y/c1-9(13(15)16)8-12(10(2)14)11-6-4-3-5-7-11;/h3-8,12H,1-2H3,(H,15,16);/q-1;. The van der Waals surface area contributed by atoms with Gasteiger partial charge in [0.25, 0.3) is 0 Å². The third kappa shape index (κ3) is 4.88. The van der Waals surface area contributed by atoms with Crippen molar-refractivity contribution in [1.82, 2.24) is 0 Å². The molecule has 1 N–H and O–H groups in total. The first-order chi connectivity index (χ1) is 7.52. The molecule has 0 fully saturated rings. The molecule has 1 atom stereocenters. The summed E-state index contributed by atoms with van der Waals surface area (Å²) in [4.78, 5) is 11.2. The van der Waals surface area contributed by atoms with Gasteiger partial charge >= 0.3 is 0 Å². The molecule has 1 rings (SSSR count). The van der Waals surface area contributed by atoms with E-state index < -0.39 is 5.92 Å². The van der Waals surface area contributed by atoms with Gasteiger partial charge in [-0.25, -0.2) is 0 Å². The zero-order valence-electron chi connectivity index (χ0n) is 9.83. The second-order valence-electron chi connectivity index (χ2n) is 3.58. The third-order valence-corrected chi connectivity index (χ3v) is 2.31. The molecule has 4 nitrogen and oxygen atoms in total. The minimum Gasteiger partial charge on any atom is -0.420 e. The van der Waals surface area contributed by atoms with Crippen molar-refractivity contribution in [1.29, 1.82) is 0 Å². The average molecular weight is 309 g/mol. The first-order valence-corrected chi connectivity index (χ1v) is 4.92. The Morgan fingerprint density at radius 3 is 2.29 bits per heavy atom. The van der Waals surface area contributed by atoms with Crippen molar-refractivity contribution in [3.8, 4) is 0 Å². The molecule has 0 amide bonds. The van der Waals surface area contributed by atoms with Crippen LogP contribution in [-0.2, 0) is 37.5 Å². The van der Waals surface area contributed by atoms with Gasteiger partial charge in [0.1, 0.15) is 5.78 Å². The molecule has 1 aromatic carbocycles. The number of benzene rings is 1. The predicted molar refractivity (Wildman–Crippen MR) is 60.3 cm³/mol. The first kappa shape index (κ1) is 16.1. The van der Waals surface area contributed by atoms with Gasteiger partial charge in [-0.3, -0.25) is 11.6 Å². The van der Waals surface area contributed by atoms with E-state index in [1.807, 2.05) is 30.3 Å². The van der Waals surface area contributed by atoms with E-state index in [1.54, 1.807) is 0 Å². The van der Waals surface area contributed by atoms with E-state index in [9.17, 15) is 10.0 Å². The van der Waals surface area contributed by atoms with Crippen molar-refractivity contribution in [2.24, 2.45) is 0 Å². The topological polar surface area (TPSA) is 63.4 Å². The largest absolute Gasteiger partial charge is 0.420 e. The molecule has 0 aliphatic carbocycles. The van der Waals surface area contributed by atoms with Crippen LogP contribution in [0.4, 0.5) is 0 Å². The Bertz CT molecular complexity index is 399. The van der Waals surface area contributed by atoms with Gasteiger partial charge in [-0.2, -0.15) is 0 Å². The molecule has 0 aliphatic heterocycles.